The number of esters is 1. The molecule has 0 saturated heterocycles. The molecule has 0 aromatic carbocycles. The minimum absolute atomic E-state index is 0.289. The van der Waals surface area contributed by atoms with Crippen LogP contribution in [0.5, 0.6) is 5.88 Å². The Kier molecular flexibility index (Phi) is 11.8. The minimum atomic E-state index is -0.403. The van der Waals surface area contributed by atoms with Gasteiger partial charge in [-0.2, -0.15) is 0 Å². The van der Waals surface area contributed by atoms with Gasteiger partial charge in [0.15, 0.2) is 0 Å². The predicted octanol–water partition coefficient (Wildman–Crippen LogP) is 7.04. The van der Waals surface area contributed by atoms with Crippen molar-refractivity contribution in [1.82, 2.24) is 9.97 Å². The number of hydrogen-bond acceptors (Lipinski definition) is 7. The van der Waals surface area contributed by atoms with E-state index in [1.54, 1.807) is 43.7 Å². The molecular formula is C30H38N2O5. The van der Waals surface area contributed by atoms with Crippen molar-refractivity contribution in [3.63, 3.8) is 0 Å². The Balaban J connectivity index is 1.22. The van der Waals surface area contributed by atoms with E-state index in [9.17, 15) is 9.59 Å². The van der Waals surface area contributed by atoms with Gasteiger partial charge >= 0.3 is 11.6 Å². The van der Waals surface area contributed by atoms with Crippen molar-refractivity contribution < 1.29 is 18.7 Å². The van der Waals surface area contributed by atoms with Crippen LogP contribution in [0, 0.1) is 0 Å². The van der Waals surface area contributed by atoms with E-state index in [0.29, 0.717) is 41.4 Å². The van der Waals surface area contributed by atoms with Gasteiger partial charge in [-0.05, 0) is 31.9 Å². The summed E-state index contributed by atoms with van der Waals surface area (Å²) < 4.78 is 16.4. The van der Waals surface area contributed by atoms with Gasteiger partial charge in [-0.3, -0.25) is 4.98 Å². The first-order valence-electron chi connectivity index (χ1n) is 13.3. The van der Waals surface area contributed by atoms with Crippen LogP contribution in [0.25, 0.3) is 22.1 Å². The van der Waals surface area contributed by atoms with Crippen molar-refractivity contribution in [2.45, 2.75) is 77.6 Å². The molecule has 198 valence electrons. The monoisotopic (exact) mass is 506 g/mol. The standard InChI is InChI=1S/C30H38N2O5/c1-23(2)29(33)36-18-13-11-9-7-5-3-4-6-8-10-12-17-35-28-20-27-25(22-32-28)19-26(30(34)37-27)24-15-14-16-31-21-24/h14-16,19-22H,1,3-13,17-18H2,2H3. The number of rotatable bonds is 17. The highest BCUT2D eigenvalue weighted by molar-refractivity contribution is 5.86. The fourth-order valence-corrected chi connectivity index (χ4v) is 4.06. The molecule has 7 nitrogen and oxygen atoms in total. The van der Waals surface area contributed by atoms with E-state index in [0.717, 1.165) is 31.1 Å². The molecule has 0 aliphatic rings. The Morgan fingerprint density at radius 3 is 2.19 bits per heavy atom. The van der Waals surface area contributed by atoms with Gasteiger partial charge in [0.05, 0.1) is 18.8 Å². The normalized spacial score (nSPS) is 10.9. The molecule has 0 atom stereocenters. The SMILES string of the molecule is C=C(C)C(=O)OCCCCCCCCCCCCCOc1cc2oc(=O)c(-c3cccnc3)cc2cn1. The summed E-state index contributed by atoms with van der Waals surface area (Å²) in [7, 11) is 0. The Morgan fingerprint density at radius 2 is 1.57 bits per heavy atom. The lowest BCUT2D eigenvalue weighted by Gasteiger charge is -2.07. The highest BCUT2D eigenvalue weighted by atomic mass is 16.5. The number of aromatic nitrogens is 2. The highest BCUT2D eigenvalue weighted by Gasteiger charge is 2.09. The smallest absolute Gasteiger partial charge is 0.344 e. The first-order valence-corrected chi connectivity index (χ1v) is 13.3. The molecule has 0 saturated carbocycles. The van der Waals surface area contributed by atoms with Crippen LogP contribution in [0.2, 0.25) is 0 Å². The summed E-state index contributed by atoms with van der Waals surface area (Å²) in [5.74, 6) is 0.182. The molecule has 37 heavy (non-hydrogen) atoms. The first-order chi connectivity index (χ1) is 18.0. The third-order valence-corrected chi connectivity index (χ3v) is 6.19. The molecule has 0 radical (unpaired) electrons. The van der Waals surface area contributed by atoms with Crippen LogP contribution in [-0.4, -0.2) is 29.2 Å². The lowest BCUT2D eigenvalue weighted by Crippen LogP contribution is -2.05. The molecule has 3 aromatic rings. The van der Waals surface area contributed by atoms with Gasteiger partial charge in [0, 0.05) is 41.2 Å². The number of hydrogen-bond donors (Lipinski definition) is 0. The van der Waals surface area contributed by atoms with Gasteiger partial charge in [-0.15, -0.1) is 0 Å². The van der Waals surface area contributed by atoms with Crippen LogP contribution in [-0.2, 0) is 9.53 Å². The Morgan fingerprint density at radius 1 is 0.919 bits per heavy atom. The molecule has 3 heterocycles. The van der Waals surface area contributed by atoms with Crippen molar-refractivity contribution in [2.75, 3.05) is 13.2 Å². The van der Waals surface area contributed by atoms with Crippen LogP contribution in [0.4, 0.5) is 0 Å². The second kappa shape index (κ2) is 15.6. The molecule has 3 aromatic heterocycles. The maximum absolute atomic E-state index is 12.4. The van der Waals surface area contributed by atoms with Gasteiger partial charge in [0.1, 0.15) is 5.58 Å². The second-order valence-corrected chi connectivity index (χ2v) is 9.40. The summed E-state index contributed by atoms with van der Waals surface area (Å²) in [5, 5.41) is 0.745. The lowest BCUT2D eigenvalue weighted by molar-refractivity contribution is -0.139. The summed E-state index contributed by atoms with van der Waals surface area (Å²) in [6.45, 7) is 6.34. The molecule has 0 aliphatic carbocycles. The van der Waals surface area contributed by atoms with E-state index in [1.165, 1.54) is 44.9 Å². The van der Waals surface area contributed by atoms with Gasteiger partial charge in [-0.1, -0.05) is 70.4 Å². The second-order valence-electron chi connectivity index (χ2n) is 9.40. The fourth-order valence-electron chi connectivity index (χ4n) is 4.06. The van der Waals surface area contributed by atoms with E-state index < -0.39 is 5.63 Å². The summed E-state index contributed by atoms with van der Waals surface area (Å²) >= 11 is 0. The van der Waals surface area contributed by atoms with E-state index in [-0.39, 0.29) is 5.97 Å². The van der Waals surface area contributed by atoms with Crippen molar-refractivity contribution in [1.29, 1.82) is 0 Å². The zero-order valence-electron chi connectivity index (χ0n) is 21.9. The number of unbranched alkanes of at least 4 members (excludes halogenated alkanes) is 10. The molecule has 7 heteroatoms. The molecule has 0 bridgehead atoms. The maximum Gasteiger partial charge on any atom is 0.344 e. The quantitative estimate of drug-likeness (QED) is 0.110. The van der Waals surface area contributed by atoms with E-state index in [2.05, 4.69) is 16.5 Å². The summed E-state index contributed by atoms with van der Waals surface area (Å²) in [5.41, 5.74) is 1.71. The third-order valence-electron chi connectivity index (χ3n) is 6.19. The van der Waals surface area contributed by atoms with E-state index in [1.807, 2.05) is 6.07 Å². The van der Waals surface area contributed by atoms with Gasteiger partial charge in [0.2, 0.25) is 5.88 Å². The Hall–Kier alpha value is -3.48. The molecule has 0 spiro atoms. The molecule has 0 N–H and O–H groups in total. The highest BCUT2D eigenvalue weighted by Crippen LogP contribution is 2.22. The molecule has 0 aliphatic heterocycles. The number of carbonyl (C=O) groups excluding carboxylic acids is 1. The largest absolute Gasteiger partial charge is 0.478 e. The van der Waals surface area contributed by atoms with Crippen molar-refractivity contribution in [3.05, 3.63) is 65.4 Å². The molecule has 0 fully saturated rings. The fraction of sp³-hybridized carbons (Fsp3) is 0.467. The Labute approximate surface area is 218 Å². The minimum Gasteiger partial charge on any atom is -0.478 e. The summed E-state index contributed by atoms with van der Waals surface area (Å²) in [6.07, 6.45) is 17.8. The third kappa shape index (κ3) is 9.83. The van der Waals surface area contributed by atoms with Crippen molar-refractivity contribution >= 4 is 16.9 Å². The molecule has 3 rings (SSSR count). The van der Waals surface area contributed by atoms with Crippen molar-refractivity contribution in [2.24, 2.45) is 0 Å². The topological polar surface area (TPSA) is 91.5 Å². The summed E-state index contributed by atoms with van der Waals surface area (Å²) in [4.78, 5) is 32.1. The number of pyridine rings is 2. The molecule has 0 unspecified atom stereocenters. The van der Waals surface area contributed by atoms with E-state index >= 15 is 0 Å². The van der Waals surface area contributed by atoms with Crippen LogP contribution in [0.3, 0.4) is 0 Å². The molecule has 0 amide bonds. The summed E-state index contributed by atoms with van der Waals surface area (Å²) in [6, 6.07) is 7.07. The van der Waals surface area contributed by atoms with Crippen LogP contribution in [0.15, 0.2) is 64.2 Å². The zero-order chi connectivity index (χ0) is 26.3. The van der Waals surface area contributed by atoms with Crippen molar-refractivity contribution in [3.8, 4) is 17.0 Å². The maximum atomic E-state index is 12.4. The average Bonchev–Trinajstić information content (AvgIpc) is 2.90. The number of nitrogens with zero attached hydrogens (tertiary/aromatic N) is 2. The van der Waals surface area contributed by atoms with Crippen LogP contribution < -0.4 is 10.4 Å². The van der Waals surface area contributed by atoms with Crippen LogP contribution in [0.1, 0.15) is 77.6 Å². The Bertz CT molecular complexity index is 1190. The number of carbonyl (C=O) groups is 1. The van der Waals surface area contributed by atoms with Gasteiger partial charge in [0.25, 0.3) is 0 Å². The first kappa shape index (κ1) is 28.1. The molecular weight excluding hydrogens is 468 g/mol. The zero-order valence-corrected chi connectivity index (χ0v) is 21.9. The van der Waals surface area contributed by atoms with Gasteiger partial charge < -0.3 is 13.9 Å². The number of fused-ring (bicyclic) bond motifs is 1. The average molecular weight is 507 g/mol. The van der Waals surface area contributed by atoms with Gasteiger partial charge in [-0.25, -0.2) is 14.6 Å². The lowest BCUT2D eigenvalue weighted by atomic mass is 10.1. The predicted molar refractivity (Wildman–Crippen MR) is 146 cm³/mol. The van der Waals surface area contributed by atoms with Crippen LogP contribution >= 0.6 is 0 Å². The van der Waals surface area contributed by atoms with E-state index in [4.69, 9.17) is 13.9 Å². The number of ether oxygens (including phenoxy) is 2.